The van der Waals surface area contributed by atoms with E-state index in [9.17, 15) is 4.79 Å². The van der Waals surface area contributed by atoms with Crippen molar-refractivity contribution in [2.45, 2.75) is 0 Å². The minimum Gasteiger partial charge on any atom is -0.364 e. The van der Waals surface area contributed by atoms with Gasteiger partial charge < -0.3 is 11.1 Å². The molecule has 146 valence electrons. The zero-order valence-electron chi connectivity index (χ0n) is 14.9. The van der Waals surface area contributed by atoms with Crippen molar-refractivity contribution in [2.24, 2.45) is 12.8 Å². The summed E-state index contributed by atoms with van der Waals surface area (Å²) in [6, 6.07) is 8.56. The van der Waals surface area contributed by atoms with E-state index in [-0.39, 0.29) is 5.69 Å². The van der Waals surface area contributed by atoms with Gasteiger partial charge in [-0.15, -0.1) is 5.10 Å². The summed E-state index contributed by atoms with van der Waals surface area (Å²) in [4.78, 5) is 16.2. The highest BCUT2D eigenvalue weighted by atomic mass is 35.5. The van der Waals surface area contributed by atoms with Crippen LogP contribution in [0.1, 0.15) is 10.5 Å². The van der Waals surface area contributed by atoms with Gasteiger partial charge in [-0.25, -0.2) is 14.3 Å². The molecule has 0 aliphatic rings. The fourth-order valence-corrected chi connectivity index (χ4v) is 3.25. The van der Waals surface area contributed by atoms with Crippen LogP contribution in [0.2, 0.25) is 10.0 Å². The van der Waals surface area contributed by atoms with Crippen LogP contribution in [0.15, 0.2) is 42.7 Å². The number of hydrogen-bond acceptors (Lipinski definition) is 7. The van der Waals surface area contributed by atoms with Gasteiger partial charge in [0.15, 0.2) is 11.5 Å². The molecule has 4 rings (SSSR count). The van der Waals surface area contributed by atoms with Gasteiger partial charge in [-0.3, -0.25) is 4.79 Å². The third-order valence-electron chi connectivity index (χ3n) is 4.02. The largest absolute Gasteiger partial charge is 0.364 e. The number of hydrogen-bond donors (Lipinski definition) is 2. The number of carbonyl (C=O) groups excluding carboxylic acids is 1. The molecule has 1 aromatic carbocycles. The number of tetrazole rings is 1. The van der Waals surface area contributed by atoms with E-state index in [2.05, 4.69) is 30.9 Å². The summed E-state index contributed by atoms with van der Waals surface area (Å²) >= 11 is 12.5. The lowest BCUT2D eigenvalue weighted by Crippen LogP contribution is -2.14. The molecule has 3 aromatic heterocycles. The molecule has 12 heteroatoms. The van der Waals surface area contributed by atoms with Gasteiger partial charge in [0.1, 0.15) is 11.5 Å². The van der Waals surface area contributed by atoms with Crippen molar-refractivity contribution < 1.29 is 4.79 Å². The fraction of sp³-hybridized carbons (Fsp3) is 0.0588. The number of pyridine rings is 1. The number of anilines is 2. The van der Waals surface area contributed by atoms with E-state index in [4.69, 9.17) is 28.9 Å². The molecule has 0 spiro atoms. The molecule has 4 aromatic rings. The third kappa shape index (κ3) is 3.62. The van der Waals surface area contributed by atoms with Gasteiger partial charge in [0, 0.05) is 18.8 Å². The van der Waals surface area contributed by atoms with Crippen molar-refractivity contribution in [2.75, 3.05) is 5.32 Å². The number of para-hydroxylation sites is 1. The monoisotopic (exact) mass is 429 g/mol. The predicted octanol–water partition coefficient (Wildman–Crippen LogP) is 2.61. The minimum absolute atomic E-state index is 0.0179. The molecule has 0 fully saturated rings. The number of carbonyl (C=O) groups is 1. The standard InChI is InChI=1S/C17H13Cl2N9O/c1-27-17(23-25-26-27)9-5-6-13(21-7-9)22-12-8-28(24-14(12)16(20)29)15-10(18)3-2-4-11(15)19/h2-8H,1H3,(H2,20,29)(H,21,22). The Kier molecular flexibility index (Phi) is 4.87. The molecule has 3 heterocycles. The molecule has 10 nitrogen and oxygen atoms in total. The SMILES string of the molecule is Cn1nnnc1-c1ccc(Nc2cn(-c3c(Cl)cccc3Cl)nc2C(N)=O)nc1. The number of aromatic nitrogens is 7. The summed E-state index contributed by atoms with van der Waals surface area (Å²) < 4.78 is 2.93. The van der Waals surface area contributed by atoms with Crippen LogP contribution in [0.3, 0.4) is 0 Å². The topological polar surface area (TPSA) is 129 Å². The lowest BCUT2D eigenvalue weighted by molar-refractivity contribution is 0.0996. The van der Waals surface area contributed by atoms with Crippen LogP contribution in [-0.2, 0) is 7.05 Å². The zero-order chi connectivity index (χ0) is 20.5. The van der Waals surface area contributed by atoms with Crippen molar-refractivity contribution in [1.82, 2.24) is 35.0 Å². The predicted molar refractivity (Wildman–Crippen MR) is 107 cm³/mol. The summed E-state index contributed by atoms with van der Waals surface area (Å²) in [5.41, 5.74) is 7.02. The van der Waals surface area contributed by atoms with Crippen LogP contribution < -0.4 is 11.1 Å². The van der Waals surface area contributed by atoms with E-state index in [1.54, 1.807) is 49.8 Å². The van der Waals surface area contributed by atoms with Crippen molar-refractivity contribution in [3.05, 3.63) is 58.5 Å². The Morgan fingerprint density at radius 2 is 1.93 bits per heavy atom. The number of nitrogens with zero attached hydrogens (tertiary/aromatic N) is 7. The van der Waals surface area contributed by atoms with Gasteiger partial charge in [0.2, 0.25) is 0 Å². The smallest absolute Gasteiger partial charge is 0.271 e. The summed E-state index contributed by atoms with van der Waals surface area (Å²) in [7, 11) is 1.73. The van der Waals surface area contributed by atoms with E-state index < -0.39 is 5.91 Å². The number of aryl methyl sites for hydroxylation is 1. The molecule has 0 saturated heterocycles. The van der Waals surface area contributed by atoms with E-state index in [0.29, 0.717) is 33.1 Å². The number of benzene rings is 1. The maximum atomic E-state index is 11.9. The average Bonchev–Trinajstić information content (AvgIpc) is 3.29. The van der Waals surface area contributed by atoms with Crippen LogP contribution in [0.4, 0.5) is 11.5 Å². The first-order valence-corrected chi connectivity index (χ1v) is 8.99. The highest BCUT2D eigenvalue weighted by Crippen LogP contribution is 2.30. The third-order valence-corrected chi connectivity index (χ3v) is 4.63. The number of rotatable bonds is 5. The van der Waals surface area contributed by atoms with Gasteiger partial charge in [-0.1, -0.05) is 29.3 Å². The fourth-order valence-electron chi connectivity index (χ4n) is 2.68. The lowest BCUT2D eigenvalue weighted by Gasteiger charge is -2.06. The maximum absolute atomic E-state index is 11.9. The second kappa shape index (κ2) is 7.49. The second-order valence-corrected chi connectivity index (χ2v) is 6.77. The molecule has 3 N–H and O–H groups in total. The molecule has 0 aliphatic heterocycles. The van der Waals surface area contributed by atoms with E-state index >= 15 is 0 Å². The van der Waals surface area contributed by atoms with Gasteiger partial charge in [0.05, 0.1) is 21.9 Å². The second-order valence-electron chi connectivity index (χ2n) is 5.95. The molecular weight excluding hydrogens is 417 g/mol. The number of primary amides is 1. The highest BCUT2D eigenvalue weighted by molar-refractivity contribution is 6.37. The van der Waals surface area contributed by atoms with Gasteiger partial charge >= 0.3 is 0 Å². The van der Waals surface area contributed by atoms with Gasteiger partial charge in [-0.05, 0) is 34.7 Å². The normalized spacial score (nSPS) is 10.9. The Balaban J connectivity index is 1.67. The van der Waals surface area contributed by atoms with E-state index in [0.717, 1.165) is 5.56 Å². The van der Waals surface area contributed by atoms with Crippen molar-refractivity contribution >= 4 is 40.6 Å². The van der Waals surface area contributed by atoms with E-state index in [1.165, 1.54) is 9.36 Å². The Hall–Kier alpha value is -3.50. The first kappa shape index (κ1) is 18.8. The van der Waals surface area contributed by atoms with Crippen LogP contribution >= 0.6 is 23.2 Å². The molecule has 0 radical (unpaired) electrons. The molecule has 29 heavy (non-hydrogen) atoms. The first-order valence-electron chi connectivity index (χ1n) is 8.23. The first-order chi connectivity index (χ1) is 13.9. The Morgan fingerprint density at radius 3 is 2.52 bits per heavy atom. The number of nitrogens with two attached hydrogens (primary N) is 1. The number of nitrogens with one attached hydrogen (secondary N) is 1. The van der Waals surface area contributed by atoms with Crippen LogP contribution in [-0.4, -0.2) is 40.9 Å². The lowest BCUT2D eigenvalue weighted by atomic mass is 10.2. The van der Waals surface area contributed by atoms with E-state index in [1.807, 2.05) is 0 Å². The summed E-state index contributed by atoms with van der Waals surface area (Å²) in [5, 5.41) is 19.3. The van der Waals surface area contributed by atoms with Crippen molar-refractivity contribution in [3.8, 4) is 17.1 Å². The summed E-state index contributed by atoms with van der Waals surface area (Å²) in [5.74, 6) is 0.329. The van der Waals surface area contributed by atoms with Crippen molar-refractivity contribution in [1.29, 1.82) is 0 Å². The molecule has 0 aliphatic carbocycles. The molecule has 1 amide bonds. The molecule has 0 bridgehead atoms. The highest BCUT2D eigenvalue weighted by Gasteiger charge is 2.18. The van der Waals surface area contributed by atoms with Crippen molar-refractivity contribution in [3.63, 3.8) is 0 Å². The number of amides is 1. The Labute approximate surface area is 174 Å². The van der Waals surface area contributed by atoms with Crippen LogP contribution in [0.25, 0.3) is 17.1 Å². The molecule has 0 unspecified atom stereocenters. The zero-order valence-corrected chi connectivity index (χ0v) is 16.4. The summed E-state index contributed by atoms with van der Waals surface area (Å²) in [6.45, 7) is 0. The van der Waals surface area contributed by atoms with Gasteiger partial charge in [0.25, 0.3) is 5.91 Å². The molecule has 0 saturated carbocycles. The Bertz CT molecular complexity index is 1180. The quantitative estimate of drug-likeness (QED) is 0.498. The average molecular weight is 430 g/mol. The number of halogens is 2. The maximum Gasteiger partial charge on any atom is 0.271 e. The van der Waals surface area contributed by atoms with Gasteiger partial charge in [-0.2, -0.15) is 5.10 Å². The Morgan fingerprint density at radius 1 is 1.17 bits per heavy atom. The molecular formula is C17H13Cl2N9O. The summed E-state index contributed by atoms with van der Waals surface area (Å²) in [6.07, 6.45) is 3.17. The van der Waals surface area contributed by atoms with Crippen LogP contribution in [0.5, 0.6) is 0 Å². The molecule has 0 atom stereocenters. The van der Waals surface area contributed by atoms with Crippen LogP contribution in [0, 0.1) is 0 Å². The minimum atomic E-state index is -0.712.